The van der Waals surface area contributed by atoms with Gasteiger partial charge in [-0.05, 0) is 32.8 Å². The minimum absolute atomic E-state index is 0.114. The zero-order chi connectivity index (χ0) is 18.1. The van der Waals surface area contributed by atoms with Crippen LogP contribution in [0.3, 0.4) is 0 Å². The number of nitro benzene ring substituents is 1. The number of hydrogen-bond donors (Lipinski definition) is 1. The van der Waals surface area contributed by atoms with Gasteiger partial charge in [-0.2, -0.15) is 0 Å². The maximum absolute atomic E-state index is 11.8. The summed E-state index contributed by atoms with van der Waals surface area (Å²) in [6.07, 6.45) is 5.21. The van der Waals surface area contributed by atoms with Crippen LogP contribution in [0.25, 0.3) is 0 Å². The molecule has 1 rings (SSSR count). The summed E-state index contributed by atoms with van der Waals surface area (Å²) in [5, 5.41) is 11.2. The van der Waals surface area contributed by atoms with Crippen molar-refractivity contribution >= 4 is 17.3 Å². The van der Waals surface area contributed by atoms with Gasteiger partial charge in [-0.3, -0.25) is 10.1 Å². The Labute approximate surface area is 142 Å². The van der Waals surface area contributed by atoms with E-state index in [0.29, 0.717) is 0 Å². The van der Waals surface area contributed by atoms with E-state index in [2.05, 4.69) is 6.92 Å². The molecule has 0 amide bonds. The quantitative estimate of drug-likeness (QED) is 0.226. The number of nitrogens with two attached hydrogens (primary N) is 1. The Morgan fingerprint density at radius 2 is 2.00 bits per heavy atom. The number of carbonyl (C=O) groups is 1. The molecule has 0 bridgehead atoms. The number of unbranched alkanes of at least 4 members (excludes halogenated alkanes) is 3. The van der Waals surface area contributed by atoms with Gasteiger partial charge in [0.25, 0.3) is 5.69 Å². The summed E-state index contributed by atoms with van der Waals surface area (Å²) >= 11 is 0. The van der Waals surface area contributed by atoms with Crippen molar-refractivity contribution in [3.8, 4) is 5.75 Å². The summed E-state index contributed by atoms with van der Waals surface area (Å²) < 4.78 is 10.6. The smallest absolute Gasteiger partial charge is 0.345 e. The van der Waals surface area contributed by atoms with Crippen LogP contribution in [0.4, 0.5) is 11.4 Å². The van der Waals surface area contributed by atoms with E-state index >= 15 is 0 Å². The number of anilines is 1. The fraction of sp³-hybridized carbons (Fsp3) is 0.588. The fourth-order valence-corrected chi connectivity index (χ4v) is 2.35. The van der Waals surface area contributed by atoms with E-state index in [1.54, 1.807) is 6.92 Å². The lowest BCUT2D eigenvalue weighted by Gasteiger charge is -2.16. The highest BCUT2D eigenvalue weighted by Crippen LogP contribution is 2.32. The molecule has 0 saturated heterocycles. The summed E-state index contributed by atoms with van der Waals surface area (Å²) in [7, 11) is 0. The Morgan fingerprint density at radius 1 is 1.29 bits per heavy atom. The summed E-state index contributed by atoms with van der Waals surface area (Å²) in [5.74, 6) is -0.548. The number of ether oxygens (including phenoxy) is 2. The van der Waals surface area contributed by atoms with Crippen LogP contribution >= 0.6 is 0 Å². The van der Waals surface area contributed by atoms with Gasteiger partial charge in [0.15, 0.2) is 0 Å². The van der Waals surface area contributed by atoms with Gasteiger partial charge in [-0.25, -0.2) is 4.79 Å². The summed E-state index contributed by atoms with van der Waals surface area (Å²) in [5.41, 5.74) is 5.55. The molecule has 0 heterocycles. The van der Waals surface area contributed by atoms with Gasteiger partial charge in [0.05, 0.1) is 29.4 Å². The monoisotopic (exact) mass is 338 g/mol. The molecule has 0 saturated carbocycles. The van der Waals surface area contributed by atoms with Crippen molar-refractivity contribution in [2.75, 3.05) is 12.3 Å². The second-order valence-corrected chi connectivity index (χ2v) is 5.66. The zero-order valence-electron chi connectivity index (χ0n) is 14.5. The minimum atomic E-state index is -0.768. The third-order valence-corrected chi connectivity index (χ3v) is 3.61. The summed E-state index contributed by atoms with van der Waals surface area (Å²) in [4.78, 5) is 22.4. The Morgan fingerprint density at radius 3 is 2.58 bits per heavy atom. The van der Waals surface area contributed by atoms with Crippen molar-refractivity contribution in [3.05, 3.63) is 27.8 Å². The van der Waals surface area contributed by atoms with Crippen LogP contribution in [0, 0.1) is 10.1 Å². The predicted octanol–water partition coefficient (Wildman–Crippen LogP) is 4.09. The van der Waals surface area contributed by atoms with Crippen molar-refractivity contribution in [3.63, 3.8) is 0 Å². The first kappa shape index (κ1) is 19.7. The highest BCUT2D eigenvalue weighted by molar-refractivity contribution is 5.95. The number of hydrogen-bond acceptors (Lipinski definition) is 6. The van der Waals surface area contributed by atoms with E-state index in [4.69, 9.17) is 15.2 Å². The van der Waals surface area contributed by atoms with Gasteiger partial charge in [0.2, 0.25) is 0 Å². The van der Waals surface area contributed by atoms with E-state index in [1.165, 1.54) is 18.6 Å². The van der Waals surface area contributed by atoms with Crippen LogP contribution in [-0.4, -0.2) is 23.6 Å². The first-order chi connectivity index (χ1) is 11.4. The van der Waals surface area contributed by atoms with Gasteiger partial charge in [0, 0.05) is 0 Å². The third-order valence-electron chi connectivity index (χ3n) is 3.61. The number of esters is 1. The molecule has 0 aliphatic heterocycles. The molecule has 0 fully saturated rings. The number of benzene rings is 1. The average Bonchev–Trinajstić information content (AvgIpc) is 2.53. The Balaban J connectivity index is 2.90. The van der Waals surface area contributed by atoms with Crippen molar-refractivity contribution in [1.82, 2.24) is 0 Å². The maximum Gasteiger partial charge on any atom is 0.345 e. The normalized spacial score (nSPS) is 11.8. The molecule has 1 aromatic carbocycles. The van der Waals surface area contributed by atoms with Crippen molar-refractivity contribution in [2.24, 2.45) is 0 Å². The molecule has 0 aromatic heterocycles. The first-order valence-electron chi connectivity index (χ1n) is 8.32. The average molecular weight is 338 g/mol. The standard InChI is InChI=1S/C17H26N2O5/c1-4-6-7-8-9-12(3)24-16-11-15(19(21)22)13(10-14(16)18)17(20)23-5-2/h10-12H,4-9,18H2,1-3H3/t12-/m1/s1. The molecule has 1 aromatic rings. The van der Waals surface area contributed by atoms with Gasteiger partial charge >= 0.3 is 5.97 Å². The van der Waals surface area contributed by atoms with Gasteiger partial charge < -0.3 is 15.2 Å². The van der Waals surface area contributed by atoms with Crippen LogP contribution in [0.2, 0.25) is 0 Å². The largest absolute Gasteiger partial charge is 0.488 e. The molecule has 0 spiro atoms. The molecule has 7 nitrogen and oxygen atoms in total. The molecule has 0 aliphatic carbocycles. The lowest BCUT2D eigenvalue weighted by atomic mass is 10.1. The highest BCUT2D eigenvalue weighted by Gasteiger charge is 2.25. The second kappa shape index (κ2) is 9.75. The SMILES string of the molecule is CCCCCC[C@@H](C)Oc1cc([N+](=O)[O-])c(C(=O)OCC)cc1N. The lowest BCUT2D eigenvalue weighted by molar-refractivity contribution is -0.385. The number of nitrogen functional groups attached to an aromatic ring is 1. The van der Waals surface area contributed by atoms with E-state index in [-0.39, 0.29) is 35.4 Å². The summed E-state index contributed by atoms with van der Waals surface area (Å²) in [6, 6.07) is 2.44. The molecule has 24 heavy (non-hydrogen) atoms. The third kappa shape index (κ3) is 5.72. The molecule has 2 N–H and O–H groups in total. The van der Waals surface area contributed by atoms with E-state index in [1.807, 2.05) is 6.92 Å². The number of carbonyl (C=O) groups excluding carboxylic acids is 1. The molecular formula is C17H26N2O5. The van der Waals surface area contributed by atoms with Crippen LogP contribution < -0.4 is 10.5 Å². The number of nitrogens with zero attached hydrogens (tertiary/aromatic N) is 1. The molecule has 0 unspecified atom stereocenters. The van der Waals surface area contributed by atoms with E-state index < -0.39 is 10.9 Å². The second-order valence-electron chi connectivity index (χ2n) is 5.66. The first-order valence-corrected chi connectivity index (χ1v) is 8.32. The molecule has 134 valence electrons. The van der Waals surface area contributed by atoms with Crippen LogP contribution in [-0.2, 0) is 4.74 Å². The lowest BCUT2D eigenvalue weighted by Crippen LogP contribution is -2.14. The van der Waals surface area contributed by atoms with Gasteiger partial charge in [-0.15, -0.1) is 0 Å². The zero-order valence-corrected chi connectivity index (χ0v) is 14.5. The van der Waals surface area contributed by atoms with E-state index in [0.717, 1.165) is 25.7 Å². The maximum atomic E-state index is 11.8. The van der Waals surface area contributed by atoms with Crippen LogP contribution in [0.15, 0.2) is 12.1 Å². The Hall–Kier alpha value is -2.31. The molecular weight excluding hydrogens is 312 g/mol. The Kier molecular flexibility index (Phi) is 8.01. The minimum Gasteiger partial charge on any atom is -0.488 e. The van der Waals surface area contributed by atoms with Crippen molar-refractivity contribution in [2.45, 2.75) is 59.0 Å². The van der Waals surface area contributed by atoms with Gasteiger partial charge in [0.1, 0.15) is 11.3 Å². The Bertz CT molecular complexity index is 574. The number of nitro groups is 1. The van der Waals surface area contributed by atoms with Crippen LogP contribution in [0.1, 0.15) is 63.2 Å². The van der Waals surface area contributed by atoms with Crippen LogP contribution in [0.5, 0.6) is 5.75 Å². The molecule has 1 atom stereocenters. The molecule has 0 radical (unpaired) electrons. The summed E-state index contributed by atoms with van der Waals surface area (Å²) in [6.45, 7) is 5.80. The number of rotatable bonds is 10. The highest BCUT2D eigenvalue weighted by atomic mass is 16.6. The van der Waals surface area contributed by atoms with Crippen molar-refractivity contribution < 1.29 is 19.2 Å². The van der Waals surface area contributed by atoms with E-state index in [9.17, 15) is 14.9 Å². The van der Waals surface area contributed by atoms with Gasteiger partial charge in [-0.1, -0.05) is 26.2 Å². The van der Waals surface area contributed by atoms with Crippen molar-refractivity contribution in [1.29, 1.82) is 0 Å². The topological polar surface area (TPSA) is 105 Å². The predicted molar refractivity (Wildman–Crippen MR) is 92.3 cm³/mol. The fourth-order valence-electron chi connectivity index (χ4n) is 2.35. The molecule has 0 aliphatic rings. The molecule has 7 heteroatoms.